The number of benzene rings is 3. The van der Waals surface area contributed by atoms with Crippen molar-refractivity contribution in [1.82, 2.24) is 5.32 Å². The lowest BCUT2D eigenvalue weighted by atomic mass is 9.88. The first-order valence-corrected chi connectivity index (χ1v) is 14.2. The number of para-hydroxylation sites is 2. The van der Waals surface area contributed by atoms with Gasteiger partial charge in [-0.2, -0.15) is 0 Å². The van der Waals surface area contributed by atoms with Crippen molar-refractivity contribution in [3.05, 3.63) is 83.4 Å². The minimum Gasteiger partial charge on any atom is -0.497 e. The van der Waals surface area contributed by atoms with Crippen molar-refractivity contribution >= 4 is 21.6 Å². The maximum absolute atomic E-state index is 13.7. The summed E-state index contributed by atoms with van der Waals surface area (Å²) >= 11 is 0. The number of rotatable bonds is 7. The smallest absolute Gasteiger partial charge is 0.264 e. The molecule has 3 aromatic rings. The Balaban J connectivity index is 1.40. The molecule has 194 valence electrons. The third kappa shape index (κ3) is 5.03. The van der Waals surface area contributed by atoms with Crippen molar-refractivity contribution in [3.63, 3.8) is 0 Å². The van der Waals surface area contributed by atoms with Gasteiger partial charge in [0.15, 0.2) is 6.10 Å². The number of carbonyl (C=O) groups excluding carboxylic acids is 1. The average molecular weight is 521 g/mol. The lowest BCUT2D eigenvalue weighted by molar-refractivity contribution is -0.128. The first-order chi connectivity index (χ1) is 17.9. The van der Waals surface area contributed by atoms with Crippen LogP contribution < -0.4 is 19.1 Å². The number of ether oxygens (including phenoxy) is 2. The van der Waals surface area contributed by atoms with Crippen LogP contribution in [0.3, 0.4) is 0 Å². The Bertz CT molecular complexity index is 1390. The number of carbonyl (C=O) groups is 1. The second kappa shape index (κ2) is 10.5. The molecule has 1 aliphatic heterocycles. The maximum atomic E-state index is 13.7. The molecular weight excluding hydrogens is 488 g/mol. The van der Waals surface area contributed by atoms with Crippen molar-refractivity contribution in [3.8, 4) is 11.5 Å². The van der Waals surface area contributed by atoms with E-state index in [4.69, 9.17) is 9.47 Å². The van der Waals surface area contributed by atoms with Gasteiger partial charge in [-0.25, -0.2) is 8.42 Å². The van der Waals surface area contributed by atoms with Gasteiger partial charge in [-0.05, 0) is 85.2 Å². The summed E-state index contributed by atoms with van der Waals surface area (Å²) in [7, 11) is -2.42. The fourth-order valence-electron chi connectivity index (χ4n) is 5.10. The topological polar surface area (TPSA) is 84.9 Å². The number of sulfonamides is 1. The number of nitrogens with one attached hydrogen (secondary N) is 1. The van der Waals surface area contributed by atoms with Crippen molar-refractivity contribution in [2.24, 2.45) is 0 Å². The second-order valence-electron chi connectivity index (χ2n) is 9.49. The molecule has 0 spiro atoms. The number of anilines is 1. The predicted molar refractivity (Wildman–Crippen MR) is 143 cm³/mol. The number of hydrogen-bond donors (Lipinski definition) is 1. The van der Waals surface area contributed by atoms with Gasteiger partial charge in [0.05, 0.1) is 30.3 Å². The molecule has 7 nitrogen and oxygen atoms in total. The Labute approximate surface area is 218 Å². The number of aryl methyl sites for hydroxylation is 2. The highest BCUT2D eigenvalue weighted by Gasteiger charge is 2.38. The molecule has 8 heteroatoms. The summed E-state index contributed by atoms with van der Waals surface area (Å²) in [6.45, 7) is 1.90. The zero-order valence-electron chi connectivity index (χ0n) is 21.1. The van der Waals surface area contributed by atoms with Gasteiger partial charge in [0, 0.05) is 0 Å². The van der Waals surface area contributed by atoms with Gasteiger partial charge in [0.2, 0.25) is 0 Å². The standard InChI is InChI=1S/C29H32N2O5S/c1-3-25(22-13-12-20-8-4-5-9-21(20)18-22)30-29(32)28-19-31(26-10-6-7-11-27(26)36-28)37(33,34)24-16-14-23(35-2)15-17-24/h6-7,10-18,25,28H,3-5,8-9,19H2,1-2H3,(H,30,32)/t25-,28-/m0/s1. The van der Waals surface area contributed by atoms with Gasteiger partial charge in [-0.15, -0.1) is 0 Å². The average Bonchev–Trinajstić information content (AvgIpc) is 2.94. The number of fused-ring (bicyclic) bond motifs is 2. The van der Waals surface area contributed by atoms with Crippen LogP contribution in [0.4, 0.5) is 5.69 Å². The van der Waals surface area contributed by atoms with Gasteiger partial charge < -0.3 is 14.8 Å². The van der Waals surface area contributed by atoms with Crippen LogP contribution in [-0.4, -0.2) is 34.1 Å². The van der Waals surface area contributed by atoms with E-state index in [2.05, 4.69) is 23.5 Å². The molecule has 2 aliphatic rings. The largest absolute Gasteiger partial charge is 0.497 e. The lowest BCUT2D eigenvalue weighted by Crippen LogP contribution is -2.51. The van der Waals surface area contributed by atoms with Crippen molar-refractivity contribution in [2.75, 3.05) is 18.0 Å². The summed E-state index contributed by atoms with van der Waals surface area (Å²) < 4.78 is 39.8. The first kappa shape index (κ1) is 25.1. The Kier molecular flexibility index (Phi) is 7.11. The lowest BCUT2D eigenvalue weighted by Gasteiger charge is -2.35. The molecule has 37 heavy (non-hydrogen) atoms. The van der Waals surface area contributed by atoms with E-state index < -0.39 is 16.1 Å². The Morgan fingerprint density at radius 1 is 1.05 bits per heavy atom. The summed E-state index contributed by atoms with van der Waals surface area (Å²) in [6.07, 6.45) is 4.29. The van der Waals surface area contributed by atoms with Crippen LogP contribution in [0.5, 0.6) is 11.5 Å². The number of hydrogen-bond acceptors (Lipinski definition) is 5. The number of methoxy groups -OCH3 is 1. The second-order valence-corrected chi connectivity index (χ2v) is 11.4. The Morgan fingerprint density at radius 2 is 1.78 bits per heavy atom. The van der Waals surface area contributed by atoms with Crippen molar-refractivity contribution in [2.45, 2.75) is 56.1 Å². The van der Waals surface area contributed by atoms with E-state index in [0.717, 1.165) is 18.4 Å². The van der Waals surface area contributed by atoms with Crippen molar-refractivity contribution < 1.29 is 22.7 Å². The van der Waals surface area contributed by atoms with E-state index in [0.29, 0.717) is 23.6 Å². The molecule has 5 rings (SSSR count). The summed E-state index contributed by atoms with van der Waals surface area (Å²) in [5.74, 6) is 0.577. The van der Waals surface area contributed by atoms with Crippen LogP contribution >= 0.6 is 0 Å². The minimum absolute atomic E-state index is 0.115. The van der Waals surface area contributed by atoms with E-state index >= 15 is 0 Å². The van der Waals surface area contributed by atoms with Gasteiger partial charge in [0.25, 0.3) is 15.9 Å². The molecule has 2 atom stereocenters. The number of amides is 1. The van der Waals surface area contributed by atoms with Crippen LogP contribution in [0.2, 0.25) is 0 Å². The third-order valence-electron chi connectivity index (χ3n) is 7.17. The third-order valence-corrected chi connectivity index (χ3v) is 8.97. The van der Waals surface area contributed by atoms with Crippen LogP contribution in [0, 0.1) is 0 Å². The predicted octanol–water partition coefficient (Wildman–Crippen LogP) is 4.80. The van der Waals surface area contributed by atoms with Crippen molar-refractivity contribution in [1.29, 1.82) is 0 Å². The zero-order valence-corrected chi connectivity index (χ0v) is 22.0. The molecule has 0 radical (unpaired) electrons. The molecule has 0 saturated carbocycles. The first-order valence-electron chi connectivity index (χ1n) is 12.7. The molecule has 0 fully saturated rings. The summed E-state index contributed by atoms with van der Waals surface area (Å²) in [6, 6.07) is 19.4. The van der Waals surface area contributed by atoms with E-state index in [1.165, 1.54) is 47.5 Å². The van der Waals surface area contributed by atoms with E-state index in [1.54, 1.807) is 36.4 Å². The molecular formula is C29H32N2O5S. The van der Waals surface area contributed by atoms with Gasteiger partial charge in [-0.3, -0.25) is 9.10 Å². The quantitative estimate of drug-likeness (QED) is 0.484. The highest BCUT2D eigenvalue weighted by molar-refractivity contribution is 7.92. The maximum Gasteiger partial charge on any atom is 0.264 e. The van der Waals surface area contributed by atoms with Crippen LogP contribution in [-0.2, 0) is 27.7 Å². The monoisotopic (exact) mass is 520 g/mol. The normalized spacial score (nSPS) is 17.7. The fourth-order valence-corrected chi connectivity index (χ4v) is 6.57. The van der Waals surface area contributed by atoms with Gasteiger partial charge in [0.1, 0.15) is 11.5 Å². The Morgan fingerprint density at radius 3 is 2.51 bits per heavy atom. The number of nitrogens with zero attached hydrogens (tertiary/aromatic N) is 1. The minimum atomic E-state index is -3.95. The highest BCUT2D eigenvalue weighted by atomic mass is 32.2. The van der Waals surface area contributed by atoms with E-state index in [1.807, 2.05) is 6.92 Å². The fraction of sp³-hybridized carbons (Fsp3) is 0.345. The Hall–Kier alpha value is -3.52. The molecule has 0 unspecified atom stereocenters. The van der Waals surface area contributed by atoms with Gasteiger partial charge >= 0.3 is 0 Å². The molecule has 0 aromatic heterocycles. The molecule has 0 saturated heterocycles. The van der Waals surface area contributed by atoms with E-state index in [-0.39, 0.29) is 23.4 Å². The van der Waals surface area contributed by atoms with Crippen LogP contribution in [0.1, 0.15) is 48.9 Å². The van der Waals surface area contributed by atoms with Crippen LogP contribution in [0.25, 0.3) is 0 Å². The molecule has 1 heterocycles. The molecule has 0 bridgehead atoms. The molecule has 1 aliphatic carbocycles. The van der Waals surface area contributed by atoms with Gasteiger partial charge in [-0.1, -0.05) is 37.3 Å². The zero-order chi connectivity index (χ0) is 26.0. The highest BCUT2D eigenvalue weighted by Crippen LogP contribution is 2.37. The molecule has 1 amide bonds. The molecule has 1 N–H and O–H groups in total. The SMILES string of the molecule is CC[C@H](NC(=O)[C@@H]1CN(S(=O)(=O)c2ccc(OC)cc2)c2ccccc2O1)c1ccc2c(c1)CCCC2. The summed E-state index contributed by atoms with van der Waals surface area (Å²) in [4.78, 5) is 13.6. The van der Waals surface area contributed by atoms with E-state index in [9.17, 15) is 13.2 Å². The molecule has 3 aromatic carbocycles. The van der Waals surface area contributed by atoms with Crippen LogP contribution in [0.15, 0.2) is 71.6 Å². The summed E-state index contributed by atoms with van der Waals surface area (Å²) in [5, 5.41) is 3.12. The summed E-state index contributed by atoms with van der Waals surface area (Å²) in [5.41, 5.74) is 4.22.